The maximum atomic E-state index is 12.0. The van der Waals surface area contributed by atoms with E-state index in [4.69, 9.17) is 0 Å². The molecule has 6 nitrogen and oxygen atoms in total. The lowest BCUT2D eigenvalue weighted by Gasteiger charge is -2.15. The summed E-state index contributed by atoms with van der Waals surface area (Å²) in [4.78, 5) is 23.9. The molecule has 0 saturated carbocycles. The Labute approximate surface area is 154 Å². The van der Waals surface area contributed by atoms with E-state index in [1.165, 1.54) is 0 Å². The Morgan fingerprint density at radius 1 is 0.923 bits per heavy atom. The van der Waals surface area contributed by atoms with Crippen molar-refractivity contribution in [2.75, 3.05) is 24.2 Å². The molecule has 0 aliphatic rings. The van der Waals surface area contributed by atoms with Gasteiger partial charge in [-0.1, -0.05) is 30.3 Å². The van der Waals surface area contributed by atoms with Crippen LogP contribution in [0.15, 0.2) is 54.6 Å². The van der Waals surface area contributed by atoms with Gasteiger partial charge in [-0.2, -0.15) is 0 Å². The zero-order valence-corrected chi connectivity index (χ0v) is 15.2. The number of carbonyl (C=O) groups is 2. The van der Waals surface area contributed by atoms with Crippen LogP contribution in [0, 0.1) is 0 Å². The van der Waals surface area contributed by atoms with Crippen LogP contribution in [0.3, 0.4) is 0 Å². The molecule has 0 spiro atoms. The molecule has 138 valence electrons. The number of para-hydroxylation sites is 1. The monoisotopic (exact) mass is 354 g/mol. The van der Waals surface area contributed by atoms with Gasteiger partial charge in [0, 0.05) is 17.8 Å². The van der Waals surface area contributed by atoms with Crippen molar-refractivity contribution >= 4 is 23.3 Å². The van der Waals surface area contributed by atoms with Gasteiger partial charge in [-0.3, -0.25) is 4.79 Å². The maximum Gasteiger partial charge on any atom is 0.323 e. The minimum atomic E-state index is -0.296. The Bertz CT molecular complexity index is 702. The van der Waals surface area contributed by atoms with Crippen LogP contribution in [0.25, 0.3) is 0 Å². The van der Waals surface area contributed by atoms with Gasteiger partial charge < -0.3 is 21.3 Å². The minimum absolute atomic E-state index is 0.0391. The third-order valence-electron chi connectivity index (χ3n) is 3.91. The van der Waals surface area contributed by atoms with E-state index in [0.29, 0.717) is 12.1 Å². The molecule has 0 heterocycles. The van der Waals surface area contributed by atoms with Gasteiger partial charge in [-0.15, -0.1) is 0 Å². The highest BCUT2D eigenvalue weighted by molar-refractivity contribution is 5.99. The third kappa shape index (κ3) is 6.57. The number of amides is 3. The highest BCUT2D eigenvalue weighted by atomic mass is 16.2. The molecule has 1 atom stereocenters. The summed E-state index contributed by atoms with van der Waals surface area (Å²) in [5, 5.41) is 11.6. The Hall–Kier alpha value is -2.86. The fourth-order valence-corrected chi connectivity index (χ4v) is 2.49. The third-order valence-corrected chi connectivity index (χ3v) is 3.91. The van der Waals surface area contributed by atoms with Crippen LogP contribution in [0.4, 0.5) is 16.2 Å². The van der Waals surface area contributed by atoms with Crippen molar-refractivity contribution in [1.29, 1.82) is 0 Å². The SMILES string of the molecule is CNCCCC(=O)NC(C)c1ccc(NC(=O)Nc2ccccc2)cc1. The zero-order valence-electron chi connectivity index (χ0n) is 15.2. The van der Waals surface area contributed by atoms with Gasteiger partial charge in [0.05, 0.1) is 6.04 Å². The molecule has 2 rings (SSSR count). The lowest BCUT2D eigenvalue weighted by molar-refractivity contribution is -0.121. The number of urea groups is 1. The lowest BCUT2D eigenvalue weighted by atomic mass is 10.1. The molecule has 0 fully saturated rings. The summed E-state index contributed by atoms with van der Waals surface area (Å²) < 4.78 is 0. The minimum Gasteiger partial charge on any atom is -0.350 e. The molecule has 0 saturated heterocycles. The molecule has 2 aromatic rings. The summed E-state index contributed by atoms with van der Waals surface area (Å²) in [6.45, 7) is 2.77. The molecule has 2 aromatic carbocycles. The molecule has 0 aliphatic heterocycles. The molecule has 4 N–H and O–H groups in total. The van der Waals surface area contributed by atoms with Gasteiger partial charge in [0.2, 0.25) is 5.91 Å². The molecule has 0 aromatic heterocycles. The van der Waals surface area contributed by atoms with Gasteiger partial charge in [0.25, 0.3) is 0 Å². The summed E-state index contributed by atoms with van der Waals surface area (Å²) in [5.41, 5.74) is 2.41. The van der Waals surface area contributed by atoms with Crippen molar-refractivity contribution in [3.63, 3.8) is 0 Å². The second-order valence-corrected chi connectivity index (χ2v) is 6.06. The van der Waals surface area contributed by atoms with Crippen molar-refractivity contribution in [2.24, 2.45) is 0 Å². The first kappa shape index (κ1) is 19.5. The fourth-order valence-electron chi connectivity index (χ4n) is 2.49. The van der Waals surface area contributed by atoms with Crippen molar-refractivity contribution < 1.29 is 9.59 Å². The lowest BCUT2D eigenvalue weighted by Crippen LogP contribution is -2.27. The van der Waals surface area contributed by atoms with Gasteiger partial charge in [0.1, 0.15) is 0 Å². The van der Waals surface area contributed by atoms with Crippen LogP contribution < -0.4 is 21.3 Å². The number of benzene rings is 2. The number of rotatable bonds is 8. The van der Waals surface area contributed by atoms with E-state index in [1.54, 1.807) is 0 Å². The fraction of sp³-hybridized carbons (Fsp3) is 0.300. The second-order valence-electron chi connectivity index (χ2n) is 6.06. The highest BCUT2D eigenvalue weighted by Gasteiger charge is 2.10. The Morgan fingerprint density at radius 3 is 2.15 bits per heavy atom. The van der Waals surface area contributed by atoms with Gasteiger partial charge in [-0.25, -0.2) is 4.79 Å². The predicted molar refractivity (Wildman–Crippen MR) is 105 cm³/mol. The number of anilines is 2. The average molecular weight is 354 g/mol. The number of carbonyl (C=O) groups excluding carboxylic acids is 2. The normalized spacial score (nSPS) is 11.5. The van der Waals surface area contributed by atoms with Gasteiger partial charge in [-0.05, 0) is 56.8 Å². The van der Waals surface area contributed by atoms with Crippen molar-refractivity contribution in [3.05, 3.63) is 60.2 Å². The van der Waals surface area contributed by atoms with Crippen molar-refractivity contribution in [3.8, 4) is 0 Å². The first-order valence-corrected chi connectivity index (χ1v) is 8.75. The summed E-state index contributed by atoms with van der Waals surface area (Å²) >= 11 is 0. The maximum absolute atomic E-state index is 12.0. The summed E-state index contributed by atoms with van der Waals surface area (Å²) in [6, 6.07) is 16.3. The summed E-state index contributed by atoms with van der Waals surface area (Å²) in [7, 11) is 1.87. The van der Waals surface area contributed by atoms with E-state index < -0.39 is 0 Å². The smallest absolute Gasteiger partial charge is 0.323 e. The first-order valence-electron chi connectivity index (χ1n) is 8.75. The quantitative estimate of drug-likeness (QED) is 0.548. The molecule has 0 aliphatic carbocycles. The molecule has 26 heavy (non-hydrogen) atoms. The van der Waals surface area contributed by atoms with Crippen LogP contribution in [0.2, 0.25) is 0 Å². The molecule has 6 heteroatoms. The topological polar surface area (TPSA) is 82.3 Å². The number of hydrogen-bond donors (Lipinski definition) is 4. The molecular weight excluding hydrogens is 328 g/mol. The van der Waals surface area contributed by atoms with E-state index >= 15 is 0 Å². The second kappa shape index (κ2) is 10.2. The highest BCUT2D eigenvalue weighted by Crippen LogP contribution is 2.17. The zero-order chi connectivity index (χ0) is 18.8. The molecule has 3 amide bonds. The van der Waals surface area contributed by atoms with E-state index in [1.807, 2.05) is 68.6 Å². The number of nitrogens with one attached hydrogen (secondary N) is 4. The van der Waals surface area contributed by atoms with Crippen LogP contribution in [-0.2, 0) is 4.79 Å². The Kier molecular flexibility index (Phi) is 7.64. The van der Waals surface area contributed by atoms with Crippen LogP contribution in [0.5, 0.6) is 0 Å². The Balaban J connectivity index is 1.83. The Morgan fingerprint density at radius 2 is 1.54 bits per heavy atom. The van der Waals surface area contributed by atoms with Crippen LogP contribution in [0.1, 0.15) is 31.4 Å². The van der Waals surface area contributed by atoms with Crippen molar-refractivity contribution in [1.82, 2.24) is 10.6 Å². The first-order chi connectivity index (χ1) is 12.6. The van der Waals surface area contributed by atoms with Crippen molar-refractivity contribution in [2.45, 2.75) is 25.8 Å². The molecular formula is C20H26N4O2. The van der Waals surface area contributed by atoms with E-state index in [2.05, 4.69) is 21.3 Å². The van der Waals surface area contributed by atoms with E-state index in [-0.39, 0.29) is 18.0 Å². The summed E-state index contributed by atoms with van der Waals surface area (Å²) in [5.74, 6) is 0.0391. The van der Waals surface area contributed by atoms with Crippen LogP contribution in [-0.4, -0.2) is 25.5 Å². The summed E-state index contributed by atoms with van der Waals surface area (Å²) in [6.07, 6.45) is 1.32. The average Bonchev–Trinajstić information content (AvgIpc) is 2.63. The van der Waals surface area contributed by atoms with Crippen LogP contribution >= 0.6 is 0 Å². The molecule has 0 radical (unpaired) electrons. The molecule has 1 unspecified atom stereocenters. The number of hydrogen-bond acceptors (Lipinski definition) is 3. The predicted octanol–water partition coefficient (Wildman–Crippen LogP) is 3.51. The standard InChI is InChI=1S/C20H26N4O2/c1-15(22-19(25)9-6-14-21-2)16-10-12-18(13-11-16)24-20(26)23-17-7-4-3-5-8-17/h3-5,7-8,10-13,15,21H,6,9,14H2,1-2H3,(H,22,25)(H2,23,24,26). The molecule has 0 bridgehead atoms. The van der Waals surface area contributed by atoms with Gasteiger partial charge in [0.15, 0.2) is 0 Å². The van der Waals surface area contributed by atoms with E-state index in [0.717, 1.165) is 24.2 Å². The van der Waals surface area contributed by atoms with E-state index in [9.17, 15) is 9.59 Å². The van der Waals surface area contributed by atoms with Gasteiger partial charge >= 0.3 is 6.03 Å². The largest absolute Gasteiger partial charge is 0.350 e.